The zero-order valence-electron chi connectivity index (χ0n) is 9.20. The SMILES string of the molecule is O=C(O)CN1CCN(C(=O)c2cscn2)CC1. The average molecular weight is 255 g/mol. The van der Waals surface area contributed by atoms with E-state index in [1.807, 2.05) is 4.90 Å². The minimum atomic E-state index is -0.829. The van der Waals surface area contributed by atoms with Gasteiger partial charge in [0.15, 0.2) is 0 Å². The maximum atomic E-state index is 11.9. The third kappa shape index (κ3) is 3.01. The Labute approximate surface area is 102 Å². The maximum absolute atomic E-state index is 11.9. The van der Waals surface area contributed by atoms with E-state index in [0.717, 1.165) is 0 Å². The molecular formula is C10H13N3O3S. The van der Waals surface area contributed by atoms with E-state index in [9.17, 15) is 9.59 Å². The van der Waals surface area contributed by atoms with Gasteiger partial charge in [-0.05, 0) is 0 Å². The van der Waals surface area contributed by atoms with Crippen LogP contribution < -0.4 is 0 Å². The quantitative estimate of drug-likeness (QED) is 0.822. The lowest BCUT2D eigenvalue weighted by molar-refractivity contribution is -0.138. The van der Waals surface area contributed by atoms with Crippen LogP contribution in [0.2, 0.25) is 0 Å². The summed E-state index contributed by atoms with van der Waals surface area (Å²) in [5.41, 5.74) is 2.11. The minimum absolute atomic E-state index is 0.0404. The fraction of sp³-hybridized carbons (Fsp3) is 0.500. The van der Waals surface area contributed by atoms with E-state index in [4.69, 9.17) is 5.11 Å². The molecule has 1 aliphatic rings. The van der Waals surface area contributed by atoms with Crippen molar-refractivity contribution >= 4 is 23.2 Å². The van der Waals surface area contributed by atoms with Crippen LogP contribution in [-0.4, -0.2) is 64.5 Å². The van der Waals surface area contributed by atoms with Crippen LogP contribution in [0.3, 0.4) is 0 Å². The summed E-state index contributed by atoms with van der Waals surface area (Å²) < 4.78 is 0. The van der Waals surface area contributed by atoms with Crippen molar-refractivity contribution in [2.24, 2.45) is 0 Å². The van der Waals surface area contributed by atoms with Crippen LogP contribution in [0.25, 0.3) is 0 Å². The summed E-state index contributed by atoms with van der Waals surface area (Å²) in [6, 6.07) is 0. The Morgan fingerprint density at radius 2 is 2.06 bits per heavy atom. The molecular weight excluding hydrogens is 242 g/mol. The van der Waals surface area contributed by atoms with Crippen molar-refractivity contribution in [2.75, 3.05) is 32.7 Å². The monoisotopic (exact) mass is 255 g/mol. The molecule has 1 amide bonds. The number of rotatable bonds is 3. The first kappa shape index (κ1) is 12.0. The molecule has 1 aromatic rings. The van der Waals surface area contributed by atoms with Crippen molar-refractivity contribution in [3.8, 4) is 0 Å². The fourth-order valence-electron chi connectivity index (χ4n) is 1.78. The molecule has 17 heavy (non-hydrogen) atoms. The lowest BCUT2D eigenvalue weighted by atomic mass is 10.3. The number of aliphatic carboxylic acids is 1. The lowest BCUT2D eigenvalue weighted by Crippen LogP contribution is -2.49. The van der Waals surface area contributed by atoms with Crippen molar-refractivity contribution in [3.05, 3.63) is 16.6 Å². The Morgan fingerprint density at radius 3 is 2.59 bits per heavy atom. The highest BCUT2D eigenvalue weighted by Gasteiger charge is 2.23. The molecule has 0 aromatic carbocycles. The van der Waals surface area contributed by atoms with Gasteiger partial charge in [0.05, 0.1) is 12.1 Å². The van der Waals surface area contributed by atoms with Crippen LogP contribution in [0, 0.1) is 0 Å². The highest BCUT2D eigenvalue weighted by molar-refractivity contribution is 7.07. The maximum Gasteiger partial charge on any atom is 0.317 e. The molecule has 1 aliphatic heterocycles. The molecule has 2 rings (SSSR count). The van der Waals surface area contributed by atoms with Crippen LogP contribution in [-0.2, 0) is 4.79 Å². The number of carbonyl (C=O) groups is 2. The number of carbonyl (C=O) groups excluding carboxylic acids is 1. The van der Waals surface area contributed by atoms with Crippen molar-refractivity contribution in [1.82, 2.24) is 14.8 Å². The number of hydrogen-bond donors (Lipinski definition) is 1. The first-order valence-corrected chi connectivity index (χ1v) is 6.22. The van der Waals surface area contributed by atoms with E-state index < -0.39 is 5.97 Å². The zero-order chi connectivity index (χ0) is 12.3. The zero-order valence-corrected chi connectivity index (χ0v) is 10.0. The Bertz CT molecular complexity index is 399. The molecule has 1 aromatic heterocycles. The van der Waals surface area contributed by atoms with Gasteiger partial charge in [-0.3, -0.25) is 14.5 Å². The Kier molecular flexibility index (Phi) is 3.70. The van der Waals surface area contributed by atoms with E-state index in [1.54, 1.807) is 15.8 Å². The van der Waals surface area contributed by atoms with Gasteiger partial charge in [0.25, 0.3) is 5.91 Å². The number of piperazine rings is 1. The second kappa shape index (κ2) is 5.24. The second-order valence-corrected chi connectivity index (χ2v) is 4.55. The summed E-state index contributed by atoms with van der Waals surface area (Å²) in [6.07, 6.45) is 0. The third-order valence-electron chi connectivity index (χ3n) is 2.67. The molecule has 0 spiro atoms. The number of carboxylic acids is 1. The molecule has 1 fully saturated rings. The predicted octanol–water partition coefficient (Wildman–Crippen LogP) is -0.0145. The summed E-state index contributed by atoms with van der Waals surface area (Å²) in [5, 5.41) is 10.4. The number of hydrogen-bond acceptors (Lipinski definition) is 5. The molecule has 0 saturated carbocycles. The Hall–Kier alpha value is -1.47. The van der Waals surface area contributed by atoms with E-state index >= 15 is 0 Å². The van der Waals surface area contributed by atoms with Crippen molar-refractivity contribution < 1.29 is 14.7 Å². The van der Waals surface area contributed by atoms with Crippen LogP contribution in [0.1, 0.15) is 10.5 Å². The number of thiazole rings is 1. The highest BCUT2D eigenvalue weighted by atomic mass is 32.1. The highest BCUT2D eigenvalue weighted by Crippen LogP contribution is 2.08. The molecule has 0 bridgehead atoms. The topological polar surface area (TPSA) is 73.7 Å². The molecule has 2 heterocycles. The van der Waals surface area contributed by atoms with Crippen LogP contribution in [0.5, 0.6) is 0 Å². The molecule has 0 aliphatic carbocycles. The molecule has 0 atom stereocenters. The van der Waals surface area contributed by atoms with Gasteiger partial charge >= 0.3 is 5.97 Å². The average Bonchev–Trinajstić information content (AvgIpc) is 2.82. The minimum Gasteiger partial charge on any atom is -0.480 e. The lowest BCUT2D eigenvalue weighted by Gasteiger charge is -2.33. The van der Waals surface area contributed by atoms with Crippen molar-refractivity contribution in [2.45, 2.75) is 0 Å². The van der Waals surface area contributed by atoms with Gasteiger partial charge in [0.2, 0.25) is 0 Å². The van der Waals surface area contributed by atoms with E-state index in [-0.39, 0.29) is 12.5 Å². The number of aromatic nitrogens is 1. The molecule has 7 heteroatoms. The summed E-state index contributed by atoms with van der Waals surface area (Å²) in [4.78, 5) is 30.0. The van der Waals surface area contributed by atoms with Gasteiger partial charge < -0.3 is 10.0 Å². The molecule has 6 nitrogen and oxygen atoms in total. The van der Waals surface area contributed by atoms with Gasteiger partial charge in [-0.25, -0.2) is 4.98 Å². The van der Waals surface area contributed by atoms with Gasteiger partial charge in [-0.2, -0.15) is 0 Å². The number of nitrogens with zero attached hydrogens (tertiary/aromatic N) is 3. The van der Waals surface area contributed by atoms with Crippen molar-refractivity contribution in [1.29, 1.82) is 0 Å². The smallest absolute Gasteiger partial charge is 0.317 e. The standard InChI is InChI=1S/C10H13N3O3S/c14-9(15)5-12-1-3-13(4-2-12)10(16)8-6-17-7-11-8/h6-7H,1-5H2,(H,14,15). The fourth-order valence-corrected chi connectivity index (χ4v) is 2.31. The molecule has 1 N–H and O–H groups in total. The molecule has 92 valence electrons. The number of amides is 1. The van der Waals surface area contributed by atoms with Gasteiger partial charge in [0, 0.05) is 31.6 Å². The van der Waals surface area contributed by atoms with E-state index in [1.165, 1.54) is 11.3 Å². The summed E-state index contributed by atoms with van der Waals surface area (Å²) >= 11 is 1.39. The van der Waals surface area contributed by atoms with Crippen LogP contribution >= 0.6 is 11.3 Å². The Balaban J connectivity index is 1.87. The molecule has 1 saturated heterocycles. The summed E-state index contributed by atoms with van der Waals surface area (Å²) in [5.74, 6) is -0.898. The first-order valence-electron chi connectivity index (χ1n) is 5.28. The van der Waals surface area contributed by atoms with Crippen molar-refractivity contribution in [3.63, 3.8) is 0 Å². The molecule has 0 radical (unpaired) electrons. The predicted molar refractivity (Wildman–Crippen MR) is 62.1 cm³/mol. The van der Waals surface area contributed by atoms with Gasteiger partial charge in [-0.15, -0.1) is 11.3 Å². The number of carboxylic acid groups (broad SMARTS) is 1. The van der Waals surface area contributed by atoms with Crippen LogP contribution in [0.4, 0.5) is 0 Å². The van der Waals surface area contributed by atoms with E-state index in [2.05, 4.69) is 4.98 Å². The third-order valence-corrected chi connectivity index (χ3v) is 3.26. The Morgan fingerprint density at radius 1 is 1.35 bits per heavy atom. The second-order valence-electron chi connectivity index (χ2n) is 3.84. The van der Waals surface area contributed by atoms with Gasteiger partial charge in [0.1, 0.15) is 5.69 Å². The summed E-state index contributed by atoms with van der Waals surface area (Å²) in [6.45, 7) is 2.36. The summed E-state index contributed by atoms with van der Waals surface area (Å²) in [7, 11) is 0. The first-order chi connectivity index (χ1) is 8.16. The van der Waals surface area contributed by atoms with Crippen LogP contribution in [0.15, 0.2) is 10.9 Å². The normalized spacial score (nSPS) is 17.1. The molecule has 0 unspecified atom stereocenters. The van der Waals surface area contributed by atoms with Gasteiger partial charge in [-0.1, -0.05) is 0 Å². The van der Waals surface area contributed by atoms with E-state index in [0.29, 0.717) is 31.9 Å². The largest absolute Gasteiger partial charge is 0.480 e.